The average Bonchev–Trinajstić information content (AvgIpc) is 2.62. The van der Waals surface area contributed by atoms with Crippen molar-refractivity contribution in [2.75, 3.05) is 6.61 Å². The van der Waals surface area contributed by atoms with E-state index in [4.69, 9.17) is 4.74 Å². The minimum absolute atomic E-state index is 0.0968. The topological polar surface area (TPSA) is 70.9 Å². The van der Waals surface area contributed by atoms with Crippen molar-refractivity contribution in [2.45, 2.75) is 26.2 Å². The van der Waals surface area contributed by atoms with Gasteiger partial charge in [-0.1, -0.05) is 35.7 Å². The minimum atomic E-state index is -0.481. The number of carbonyl (C=O) groups excluding carboxylic acids is 1. The Morgan fingerprint density at radius 3 is 2.72 bits per heavy atom. The molecule has 2 aromatic carbocycles. The SMILES string of the molecule is CCCCCOc1ccc(C=NNC(=O)c2cc(Br)ccc2O)cc1. The fourth-order valence-electron chi connectivity index (χ4n) is 2.11. The van der Waals surface area contributed by atoms with Gasteiger partial charge in [0.05, 0.1) is 18.4 Å². The summed E-state index contributed by atoms with van der Waals surface area (Å²) in [5.74, 6) is 0.239. The van der Waals surface area contributed by atoms with Crippen LogP contribution in [-0.4, -0.2) is 23.8 Å². The lowest BCUT2D eigenvalue weighted by Crippen LogP contribution is -2.17. The number of phenols is 1. The van der Waals surface area contributed by atoms with Crippen molar-refractivity contribution in [3.8, 4) is 11.5 Å². The molecule has 0 atom stereocenters. The third kappa shape index (κ3) is 6.23. The summed E-state index contributed by atoms with van der Waals surface area (Å²) in [6, 6.07) is 12.1. The molecule has 6 heteroatoms. The number of halogens is 1. The summed E-state index contributed by atoms with van der Waals surface area (Å²) in [5.41, 5.74) is 3.38. The van der Waals surface area contributed by atoms with Crippen LogP contribution in [0.2, 0.25) is 0 Å². The second-order valence-corrected chi connectivity index (χ2v) is 6.40. The van der Waals surface area contributed by atoms with E-state index in [0.717, 1.165) is 24.2 Å². The van der Waals surface area contributed by atoms with Crippen molar-refractivity contribution in [3.05, 3.63) is 58.1 Å². The Morgan fingerprint density at radius 2 is 2.00 bits per heavy atom. The van der Waals surface area contributed by atoms with Gasteiger partial charge < -0.3 is 9.84 Å². The van der Waals surface area contributed by atoms with E-state index in [1.807, 2.05) is 24.3 Å². The summed E-state index contributed by atoms with van der Waals surface area (Å²) in [5, 5.41) is 13.6. The van der Waals surface area contributed by atoms with Crippen LogP contribution in [-0.2, 0) is 0 Å². The van der Waals surface area contributed by atoms with Crippen LogP contribution in [0.3, 0.4) is 0 Å². The van der Waals surface area contributed by atoms with E-state index in [2.05, 4.69) is 33.4 Å². The zero-order valence-electron chi connectivity index (χ0n) is 14.0. The summed E-state index contributed by atoms with van der Waals surface area (Å²) in [4.78, 5) is 12.0. The van der Waals surface area contributed by atoms with Crippen molar-refractivity contribution >= 4 is 28.1 Å². The van der Waals surface area contributed by atoms with Crippen molar-refractivity contribution in [1.29, 1.82) is 0 Å². The maximum atomic E-state index is 12.0. The van der Waals surface area contributed by atoms with Gasteiger partial charge in [0.2, 0.25) is 0 Å². The monoisotopic (exact) mass is 404 g/mol. The number of rotatable bonds is 8. The lowest BCUT2D eigenvalue weighted by atomic mass is 10.2. The van der Waals surface area contributed by atoms with Crippen LogP contribution in [0.15, 0.2) is 52.0 Å². The lowest BCUT2D eigenvalue weighted by Gasteiger charge is -2.05. The van der Waals surface area contributed by atoms with E-state index in [-0.39, 0.29) is 11.3 Å². The second kappa shape index (κ2) is 9.84. The number of unbranched alkanes of at least 4 members (excludes halogenated alkanes) is 2. The number of carbonyl (C=O) groups is 1. The number of hydrogen-bond donors (Lipinski definition) is 2. The molecule has 0 aliphatic carbocycles. The zero-order valence-corrected chi connectivity index (χ0v) is 15.6. The molecular weight excluding hydrogens is 384 g/mol. The van der Waals surface area contributed by atoms with Gasteiger partial charge >= 0.3 is 0 Å². The number of hydrazone groups is 1. The number of amides is 1. The van der Waals surface area contributed by atoms with Crippen molar-refractivity contribution < 1.29 is 14.6 Å². The van der Waals surface area contributed by atoms with E-state index in [1.165, 1.54) is 24.8 Å². The fraction of sp³-hybridized carbons (Fsp3) is 0.263. The van der Waals surface area contributed by atoms with Gasteiger partial charge in [0.15, 0.2) is 0 Å². The first kappa shape index (κ1) is 19.0. The molecule has 132 valence electrons. The number of aromatic hydroxyl groups is 1. The highest BCUT2D eigenvalue weighted by Gasteiger charge is 2.10. The summed E-state index contributed by atoms with van der Waals surface area (Å²) in [6.07, 6.45) is 4.92. The molecule has 0 radical (unpaired) electrons. The Kier molecular flexibility index (Phi) is 7.47. The lowest BCUT2D eigenvalue weighted by molar-refractivity contribution is 0.0952. The Hall–Kier alpha value is -2.34. The van der Waals surface area contributed by atoms with Gasteiger partial charge in [0.1, 0.15) is 11.5 Å². The number of hydrogen-bond acceptors (Lipinski definition) is 4. The Morgan fingerprint density at radius 1 is 1.24 bits per heavy atom. The summed E-state index contributed by atoms with van der Waals surface area (Å²) >= 11 is 3.26. The van der Waals surface area contributed by atoms with E-state index in [9.17, 15) is 9.90 Å². The molecule has 0 saturated carbocycles. The second-order valence-electron chi connectivity index (χ2n) is 5.49. The minimum Gasteiger partial charge on any atom is -0.507 e. The Balaban J connectivity index is 1.87. The molecule has 0 bridgehead atoms. The molecule has 0 aliphatic heterocycles. The average molecular weight is 405 g/mol. The van der Waals surface area contributed by atoms with Crippen LogP contribution >= 0.6 is 15.9 Å². The highest BCUT2D eigenvalue weighted by atomic mass is 79.9. The normalized spacial score (nSPS) is 10.8. The standard InChI is InChI=1S/C19H21BrN2O3/c1-2-3-4-11-25-16-8-5-14(6-9-16)13-21-22-19(24)17-12-15(20)7-10-18(17)23/h5-10,12-13,23H,2-4,11H2,1H3,(H,22,24). The Bertz CT molecular complexity index is 730. The third-order valence-corrected chi connectivity index (χ3v) is 3.97. The molecule has 5 nitrogen and oxygen atoms in total. The highest BCUT2D eigenvalue weighted by molar-refractivity contribution is 9.10. The van der Waals surface area contributed by atoms with Crippen LogP contribution in [0.5, 0.6) is 11.5 Å². The molecule has 2 rings (SSSR count). The van der Waals surface area contributed by atoms with E-state index >= 15 is 0 Å². The van der Waals surface area contributed by atoms with Crippen LogP contribution in [0, 0.1) is 0 Å². The maximum Gasteiger partial charge on any atom is 0.275 e. The van der Waals surface area contributed by atoms with Crippen LogP contribution in [0.25, 0.3) is 0 Å². The first-order valence-corrected chi connectivity index (χ1v) is 8.94. The van der Waals surface area contributed by atoms with Crippen molar-refractivity contribution in [1.82, 2.24) is 5.43 Å². The molecule has 0 saturated heterocycles. The molecule has 1 amide bonds. The molecule has 2 N–H and O–H groups in total. The predicted molar refractivity (Wildman–Crippen MR) is 102 cm³/mol. The number of ether oxygens (including phenoxy) is 1. The molecule has 0 heterocycles. The summed E-state index contributed by atoms with van der Waals surface area (Å²) in [6.45, 7) is 2.87. The van der Waals surface area contributed by atoms with Gasteiger partial charge in [0.25, 0.3) is 5.91 Å². The van der Waals surface area contributed by atoms with Gasteiger partial charge in [-0.25, -0.2) is 5.43 Å². The number of phenolic OH excluding ortho intramolecular Hbond substituents is 1. The number of benzene rings is 2. The molecular formula is C19H21BrN2O3. The molecule has 0 unspecified atom stereocenters. The van der Waals surface area contributed by atoms with Gasteiger partial charge in [-0.05, 0) is 54.4 Å². The van der Waals surface area contributed by atoms with Crippen molar-refractivity contribution in [3.63, 3.8) is 0 Å². The van der Waals surface area contributed by atoms with Crippen molar-refractivity contribution in [2.24, 2.45) is 5.10 Å². The largest absolute Gasteiger partial charge is 0.507 e. The molecule has 0 aromatic heterocycles. The molecule has 2 aromatic rings. The predicted octanol–water partition coefficient (Wildman–Crippen LogP) is 4.49. The highest BCUT2D eigenvalue weighted by Crippen LogP contribution is 2.21. The van der Waals surface area contributed by atoms with Gasteiger partial charge in [-0.2, -0.15) is 5.10 Å². The van der Waals surface area contributed by atoms with Crippen LogP contribution in [0.1, 0.15) is 42.1 Å². The fourth-order valence-corrected chi connectivity index (χ4v) is 2.47. The van der Waals surface area contributed by atoms with E-state index < -0.39 is 5.91 Å². The smallest absolute Gasteiger partial charge is 0.275 e. The molecule has 0 fully saturated rings. The van der Waals surface area contributed by atoms with Crippen LogP contribution < -0.4 is 10.2 Å². The summed E-state index contributed by atoms with van der Waals surface area (Å²) in [7, 11) is 0. The Labute approximate surface area is 155 Å². The number of nitrogens with one attached hydrogen (secondary N) is 1. The summed E-state index contributed by atoms with van der Waals surface area (Å²) < 4.78 is 6.34. The molecule has 0 spiro atoms. The first-order chi connectivity index (χ1) is 12.1. The van der Waals surface area contributed by atoms with Crippen LogP contribution in [0.4, 0.5) is 0 Å². The van der Waals surface area contributed by atoms with E-state index in [1.54, 1.807) is 6.07 Å². The number of nitrogens with zero attached hydrogens (tertiary/aromatic N) is 1. The maximum absolute atomic E-state index is 12.0. The van der Waals surface area contributed by atoms with Gasteiger partial charge in [0, 0.05) is 4.47 Å². The zero-order chi connectivity index (χ0) is 18.1. The first-order valence-electron chi connectivity index (χ1n) is 8.15. The van der Waals surface area contributed by atoms with Gasteiger partial charge in [-0.15, -0.1) is 0 Å². The van der Waals surface area contributed by atoms with Gasteiger partial charge in [-0.3, -0.25) is 4.79 Å². The molecule has 0 aliphatic rings. The third-order valence-electron chi connectivity index (χ3n) is 3.48. The van der Waals surface area contributed by atoms with E-state index in [0.29, 0.717) is 11.1 Å². The molecule has 25 heavy (non-hydrogen) atoms. The quantitative estimate of drug-likeness (QED) is 0.386.